The molecule has 1 aromatic carbocycles. The minimum absolute atomic E-state index is 0.0184. The van der Waals surface area contributed by atoms with Gasteiger partial charge >= 0.3 is 12.1 Å². The first-order valence-electron chi connectivity index (χ1n) is 16.2. The number of aryl methyl sites for hydroxylation is 1. The molecule has 1 aromatic heterocycles. The van der Waals surface area contributed by atoms with Crippen LogP contribution in [0.3, 0.4) is 0 Å². The van der Waals surface area contributed by atoms with E-state index in [1.807, 2.05) is 19.9 Å². The van der Waals surface area contributed by atoms with Crippen LogP contribution >= 0.6 is 0 Å². The highest BCUT2D eigenvalue weighted by atomic mass is 16.6. The number of amides is 4. The lowest BCUT2D eigenvalue weighted by atomic mass is 9.85. The summed E-state index contributed by atoms with van der Waals surface area (Å²) in [6.07, 6.45) is 5.49. The van der Waals surface area contributed by atoms with E-state index < -0.39 is 23.8 Å². The zero-order valence-electron chi connectivity index (χ0n) is 26.5. The van der Waals surface area contributed by atoms with Crippen molar-refractivity contribution < 1.29 is 38.6 Å². The van der Waals surface area contributed by atoms with Crippen LogP contribution in [-0.4, -0.2) is 113 Å². The van der Waals surface area contributed by atoms with Gasteiger partial charge in [-0.2, -0.15) is 0 Å². The molecule has 248 valence electrons. The summed E-state index contributed by atoms with van der Waals surface area (Å²) in [5, 5.41) is 13.1. The summed E-state index contributed by atoms with van der Waals surface area (Å²) in [5.41, 5.74) is 1.41. The van der Waals surface area contributed by atoms with Gasteiger partial charge in [0.25, 0.3) is 11.8 Å². The van der Waals surface area contributed by atoms with E-state index in [0.29, 0.717) is 50.1 Å². The summed E-state index contributed by atoms with van der Waals surface area (Å²) in [5.74, 6) is -1.83. The van der Waals surface area contributed by atoms with Crippen LogP contribution in [0.25, 0.3) is 10.9 Å². The number of unbranched alkanes of at least 4 members (excludes halogenated alkanes) is 1. The second kappa shape index (κ2) is 14.8. The van der Waals surface area contributed by atoms with E-state index in [4.69, 9.17) is 9.47 Å². The molecule has 1 saturated carbocycles. The van der Waals surface area contributed by atoms with Gasteiger partial charge in [-0.15, -0.1) is 0 Å². The van der Waals surface area contributed by atoms with Gasteiger partial charge in [-0.3, -0.25) is 14.4 Å². The van der Waals surface area contributed by atoms with Gasteiger partial charge in [0.05, 0.1) is 18.7 Å². The number of pyridine rings is 1. The van der Waals surface area contributed by atoms with Crippen LogP contribution < -0.4 is 10.1 Å². The summed E-state index contributed by atoms with van der Waals surface area (Å²) in [6.45, 7) is 5.01. The molecule has 0 spiro atoms. The van der Waals surface area contributed by atoms with Crippen LogP contribution in [-0.2, 0) is 19.1 Å². The fraction of sp³-hybridized carbons (Fsp3) is 0.576. The molecule has 2 aliphatic heterocycles. The smallest absolute Gasteiger partial charge is 0.409 e. The number of aromatic nitrogens is 1. The molecule has 3 aliphatic rings. The summed E-state index contributed by atoms with van der Waals surface area (Å²) < 4.78 is 11.2. The number of fused-ring (bicyclic) bond motifs is 2. The molecular formula is C33H43N5O8. The summed E-state index contributed by atoms with van der Waals surface area (Å²) >= 11 is 0. The van der Waals surface area contributed by atoms with Crippen LogP contribution in [0.1, 0.15) is 67.9 Å². The maximum atomic E-state index is 13.4. The van der Waals surface area contributed by atoms with E-state index in [1.54, 1.807) is 21.9 Å². The Morgan fingerprint density at radius 3 is 2.48 bits per heavy atom. The zero-order valence-corrected chi connectivity index (χ0v) is 26.5. The van der Waals surface area contributed by atoms with Crippen molar-refractivity contribution in [2.45, 2.75) is 70.9 Å². The van der Waals surface area contributed by atoms with Crippen LogP contribution in [0.2, 0.25) is 0 Å². The predicted octanol–water partition coefficient (Wildman–Crippen LogP) is 2.98. The number of carboxylic acids is 1. The first-order chi connectivity index (χ1) is 22.2. The van der Waals surface area contributed by atoms with E-state index in [9.17, 15) is 29.1 Å². The third kappa shape index (κ3) is 7.51. The first kappa shape index (κ1) is 33.0. The number of nitrogens with one attached hydrogen (secondary N) is 1. The lowest BCUT2D eigenvalue weighted by molar-refractivity contribution is -0.150. The standard InChI is InChI=1S/C33H43N5O8/c1-3-4-15-45-33(44)37-13-11-36(12-14-37)29(39)19-34-31(41)25-18-28(23-10-9-21(2)16-24(23)35-25)46-20-30(40)38-26-8-6-5-7-22(26)17-27(38)32(42)43/h9-10,16,18,22,26-27H,3-8,11-15,17,19-20H2,1-2H3,(H,34,41)(H,42,43). The Kier molecular flexibility index (Phi) is 10.6. The summed E-state index contributed by atoms with van der Waals surface area (Å²) in [6, 6.07) is 5.93. The molecule has 2 N–H and O–H groups in total. The van der Waals surface area contributed by atoms with Gasteiger partial charge in [0.15, 0.2) is 6.61 Å². The van der Waals surface area contributed by atoms with Gasteiger partial charge in [-0.25, -0.2) is 14.6 Å². The highest BCUT2D eigenvalue weighted by molar-refractivity contribution is 5.99. The second-order valence-electron chi connectivity index (χ2n) is 12.3. The Labute approximate surface area is 268 Å². The average Bonchev–Trinajstić information content (AvgIpc) is 3.46. The van der Waals surface area contributed by atoms with Gasteiger partial charge in [0.1, 0.15) is 17.5 Å². The van der Waals surface area contributed by atoms with Crippen molar-refractivity contribution in [3.8, 4) is 5.75 Å². The number of aliphatic carboxylic acids is 1. The number of hydrogen-bond donors (Lipinski definition) is 2. The van der Waals surface area contributed by atoms with E-state index in [1.165, 1.54) is 11.0 Å². The quantitative estimate of drug-likeness (QED) is 0.374. The highest BCUT2D eigenvalue weighted by Crippen LogP contribution is 2.40. The van der Waals surface area contributed by atoms with Crippen LogP contribution in [0, 0.1) is 12.8 Å². The largest absolute Gasteiger partial charge is 0.483 e. The van der Waals surface area contributed by atoms with E-state index >= 15 is 0 Å². The SMILES string of the molecule is CCCCOC(=O)N1CCN(C(=O)CNC(=O)c2cc(OCC(=O)N3C(C(=O)O)CC4CCCCC43)c3ccc(C)cc3n2)CC1. The molecule has 3 heterocycles. The third-order valence-electron chi connectivity index (χ3n) is 9.19. The minimum Gasteiger partial charge on any atom is -0.483 e. The molecule has 2 aromatic rings. The van der Waals surface area contributed by atoms with Crippen molar-refractivity contribution in [3.63, 3.8) is 0 Å². The fourth-order valence-electron chi connectivity index (χ4n) is 6.69. The van der Waals surface area contributed by atoms with Gasteiger partial charge in [-0.05, 0) is 56.2 Å². The third-order valence-corrected chi connectivity index (χ3v) is 9.19. The molecule has 0 bridgehead atoms. The molecular weight excluding hydrogens is 594 g/mol. The Bertz CT molecular complexity index is 1470. The zero-order chi connectivity index (χ0) is 32.8. The van der Waals surface area contributed by atoms with Crippen molar-refractivity contribution in [2.24, 2.45) is 5.92 Å². The molecule has 3 fully saturated rings. The summed E-state index contributed by atoms with van der Waals surface area (Å²) in [7, 11) is 0. The molecule has 13 nitrogen and oxygen atoms in total. The molecule has 2 saturated heterocycles. The number of likely N-dealkylation sites (tertiary alicyclic amines) is 1. The average molecular weight is 638 g/mol. The minimum atomic E-state index is -1.01. The molecule has 1 aliphatic carbocycles. The molecule has 13 heteroatoms. The Balaban J connectivity index is 1.22. The van der Waals surface area contributed by atoms with Crippen molar-refractivity contribution in [1.82, 2.24) is 25.0 Å². The molecule has 3 unspecified atom stereocenters. The van der Waals surface area contributed by atoms with Gasteiger partial charge in [0, 0.05) is 43.7 Å². The van der Waals surface area contributed by atoms with E-state index in [2.05, 4.69) is 10.3 Å². The number of hydrogen-bond acceptors (Lipinski definition) is 8. The molecule has 5 rings (SSSR count). The van der Waals surface area contributed by atoms with E-state index in [0.717, 1.165) is 44.1 Å². The van der Waals surface area contributed by atoms with Crippen molar-refractivity contribution >= 4 is 40.7 Å². The van der Waals surface area contributed by atoms with Crippen molar-refractivity contribution in [3.05, 3.63) is 35.5 Å². The number of rotatable bonds is 10. The maximum Gasteiger partial charge on any atom is 0.409 e. The Morgan fingerprint density at radius 2 is 1.74 bits per heavy atom. The van der Waals surface area contributed by atoms with Crippen LogP contribution in [0.15, 0.2) is 24.3 Å². The number of ether oxygens (including phenoxy) is 2. The maximum absolute atomic E-state index is 13.4. The highest BCUT2D eigenvalue weighted by Gasteiger charge is 2.47. The van der Waals surface area contributed by atoms with E-state index in [-0.39, 0.29) is 48.6 Å². The monoisotopic (exact) mass is 637 g/mol. The number of carbonyl (C=O) groups excluding carboxylic acids is 4. The molecule has 3 atom stereocenters. The fourth-order valence-corrected chi connectivity index (χ4v) is 6.69. The lowest BCUT2D eigenvalue weighted by Crippen LogP contribution is -2.52. The second-order valence-corrected chi connectivity index (χ2v) is 12.3. The van der Waals surface area contributed by atoms with Crippen molar-refractivity contribution in [1.29, 1.82) is 0 Å². The number of piperazine rings is 1. The van der Waals surface area contributed by atoms with Gasteiger partial charge in [0.2, 0.25) is 5.91 Å². The van der Waals surface area contributed by atoms with Crippen LogP contribution in [0.4, 0.5) is 4.79 Å². The number of benzene rings is 1. The molecule has 4 amide bonds. The van der Waals surface area contributed by atoms with Gasteiger partial charge < -0.3 is 34.6 Å². The Morgan fingerprint density at radius 1 is 1.00 bits per heavy atom. The molecule has 0 radical (unpaired) electrons. The first-order valence-corrected chi connectivity index (χ1v) is 16.2. The number of carbonyl (C=O) groups is 5. The molecule has 46 heavy (non-hydrogen) atoms. The van der Waals surface area contributed by atoms with Crippen LogP contribution in [0.5, 0.6) is 5.75 Å². The summed E-state index contributed by atoms with van der Waals surface area (Å²) in [4.78, 5) is 72.8. The normalized spacial score (nSPS) is 21.1. The topological polar surface area (TPSA) is 159 Å². The number of nitrogens with zero attached hydrogens (tertiary/aromatic N) is 4. The Hall–Kier alpha value is -4.42. The lowest BCUT2D eigenvalue weighted by Gasteiger charge is -2.34. The number of carboxylic acid groups (broad SMARTS) is 1. The van der Waals surface area contributed by atoms with Gasteiger partial charge in [-0.1, -0.05) is 32.3 Å². The predicted molar refractivity (Wildman–Crippen MR) is 167 cm³/mol. The van der Waals surface area contributed by atoms with Crippen molar-refractivity contribution in [2.75, 3.05) is 45.9 Å².